The number of anilines is 1. The number of nitrogens with one attached hydrogen (secondary N) is 2. The Balaban J connectivity index is 1.48. The van der Waals surface area contributed by atoms with E-state index in [0.717, 1.165) is 58.8 Å². The number of imidazole rings is 1. The van der Waals surface area contributed by atoms with E-state index in [2.05, 4.69) is 42.8 Å². The van der Waals surface area contributed by atoms with Gasteiger partial charge in [-0.3, -0.25) is 4.98 Å². The molecule has 0 atom stereocenters. The van der Waals surface area contributed by atoms with Gasteiger partial charge in [0.05, 0.1) is 28.4 Å². The fourth-order valence-electron chi connectivity index (χ4n) is 4.02. The normalized spacial score (nSPS) is 14.6. The summed E-state index contributed by atoms with van der Waals surface area (Å²) >= 11 is 6.55. The van der Waals surface area contributed by atoms with Crippen LogP contribution in [-0.2, 0) is 6.42 Å². The molecule has 0 saturated carbocycles. The highest BCUT2D eigenvalue weighted by molar-refractivity contribution is 6.35. The van der Waals surface area contributed by atoms with Crippen molar-refractivity contribution in [2.75, 3.05) is 25.0 Å². The van der Waals surface area contributed by atoms with E-state index in [1.54, 1.807) is 6.33 Å². The van der Waals surface area contributed by atoms with Gasteiger partial charge in [-0.2, -0.15) is 0 Å². The summed E-state index contributed by atoms with van der Waals surface area (Å²) in [4.78, 5) is 23.1. The van der Waals surface area contributed by atoms with Crippen LogP contribution >= 0.6 is 11.6 Å². The quantitative estimate of drug-likeness (QED) is 0.485. The van der Waals surface area contributed by atoms with Crippen molar-refractivity contribution in [3.05, 3.63) is 59.9 Å². The largest absolute Gasteiger partial charge is 0.340 e. The number of aromatic nitrogens is 5. The number of fused-ring (bicyclic) bond motifs is 2. The first-order chi connectivity index (χ1) is 14.7. The van der Waals surface area contributed by atoms with E-state index in [9.17, 15) is 0 Å². The first-order valence-electron chi connectivity index (χ1n) is 10.1. The summed E-state index contributed by atoms with van der Waals surface area (Å²) in [5, 5.41) is 6.08. The molecule has 2 N–H and O–H groups in total. The van der Waals surface area contributed by atoms with Crippen molar-refractivity contribution in [3.8, 4) is 0 Å². The second-order valence-corrected chi connectivity index (χ2v) is 7.93. The highest BCUT2D eigenvalue weighted by Gasteiger charge is 2.16. The molecule has 152 valence electrons. The molecule has 0 amide bonds. The van der Waals surface area contributed by atoms with Crippen LogP contribution in [0.2, 0.25) is 5.02 Å². The second kappa shape index (κ2) is 8.01. The molecule has 1 saturated heterocycles. The lowest BCUT2D eigenvalue weighted by Crippen LogP contribution is -2.22. The molecule has 0 aliphatic carbocycles. The van der Waals surface area contributed by atoms with E-state index in [1.165, 1.54) is 19.2 Å². The van der Waals surface area contributed by atoms with Crippen molar-refractivity contribution >= 4 is 45.1 Å². The third-order valence-corrected chi connectivity index (χ3v) is 5.86. The molecule has 8 heteroatoms. The van der Waals surface area contributed by atoms with Crippen molar-refractivity contribution in [2.24, 2.45) is 0 Å². The molecule has 5 rings (SSSR count). The van der Waals surface area contributed by atoms with E-state index < -0.39 is 0 Å². The maximum absolute atomic E-state index is 6.55. The molecule has 7 nitrogen and oxygen atoms in total. The van der Waals surface area contributed by atoms with Gasteiger partial charge in [-0.15, -0.1) is 0 Å². The van der Waals surface area contributed by atoms with E-state index in [1.807, 2.05) is 18.2 Å². The van der Waals surface area contributed by atoms with Crippen LogP contribution in [0.4, 0.5) is 5.82 Å². The Labute approximate surface area is 179 Å². The molecule has 1 aliphatic heterocycles. The van der Waals surface area contributed by atoms with Gasteiger partial charge in [0.15, 0.2) is 11.5 Å². The minimum absolute atomic E-state index is 0.602. The fourth-order valence-corrected chi connectivity index (χ4v) is 4.31. The zero-order chi connectivity index (χ0) is 20.5. The third-order valence-electron chi connectivity index (χ3n) is 5.55. The molecule has 1 aliphatic rings. The van der Waals surface area contributed by atoms with E-state index >= 15 is 0 Å². The second-order valence-electron chi connectivity index (χ2n) is 7.52. The van der Waals surface area contributed by atoms with Gasteiger partial charge in [-0.25, -0.2) is 15.0 Å². The Morgan fingerprint density at radius 2 is 2.07 bits per heavy atom. The molecule has 4 heterocycles. The molecule has 1 aromatic carbocycles. The Bertz CT molecular complexity index is 1230. The minimum atomic E-state index is 0.602. The molecule has 0 unspecified atom stereocenters. The smallest absolute Gasteiger partial charge is 0.182 e. The van der Waals surface area contributed by atoms with Gasteiger partial charge in [0.1, 0.15) is 11.8 Å². The van der Waals surface area contributed by atoms with Gasteiger partial charge in [-0.05, 0) is 43.5 Å². The number of likely N-dealkylation sites (tertiary alicyclic amines) is 1. The predicted octanol–water partition coefficient (Wildman–Crippen LogP) is 4.28. The molecule has 0 spiro atoms. The number of rotatable bonds is 6. The highest BCUT2D eigenvalue weighted by Crippen LogP contribution is 2.29. The summed E-state index contributed by atoms with van der Waals surface area (Å²) in [5.41, 5.74) is 3.76. The number of hydrogen-bond donors (Lipinski definition) is 2. The number of halogens is 1. The molecule has 30 heavy (non-hydrogen) atoms. The topological polar surface area (TPSA) is 82.6 Å². The Kier molecular flexibility index (Phi) is 5.06. The summed E-state index contributed by atoms with van der Waals surface area (Å²) in [6.45, 7) is 7.51. The van der Waals surface area contributed by atoms with Crippen LogP contribution in [0.1, 0.15) is 24.2 Å². The average Bonchev–Trinajstić information content (AvgIpc) is 3.44. The van der Waals surface area contributed by atoms with E-state index in [0.29, 0.717) is 17.2 Å². The zero-order valence-corrected chi connectivity index (χ0v) is 17.3. The number of pyridine rings is 1. The fraction of sp³-hybridized carbons (Fsp3) is 0.273. The van der Waals surface area contributed by atoms with Crippen LogP contribution in [0.25, 0.3) is 27.6 Å². The number of H-pyrrole nitrogens is 1. The Hall–Kier alpha value is -3.03. The lowest BCUT2D eigenvalue weighted by Gasteiger charge is -2.17. The van der Waals surface area contributed by atoms with Crippen LogP contribution < -0.4 is 5.32 Å². The summed E-state index contributed by atoms with van der Waals surface area (Å²) in [5.74, 6) is 0.620. The van der Waals surface area contributed by atoms with Gasteiger partial charge in [-0.1, -0.05) is 30.3 Å². The van der Waals surface area contributed by atoms with E-state index in [-0.39, 0.29) is 0 Å². The minimum Gasteiger partial charge on any atom is -0.340 e. The van der Waals surface area contributed by atoms with Crippen LogP contribution in [-0.4, -0.2) is 49.5 Å². The Morgan fingerprint density at radius 3 is 2.93 bits per heavy atom. The summed E-state index contributed by atoms with van der Waals surface area (Å²) in [7, 11) is 0. The average molecular weight is 420 g/mol. The van der Waals surface area contributed by atoms with Gasteiger partial charge >= 0.3 is 0 Å². The molecular weight excluding hydrogens is 398 g/mol. The SMILES string of the molecule is C=C(Nc1ncnc2nc[nH]c12)c1cc2cccc(Cl)c2c(CCN2CCCC2)n1. The standard InChI is InChI=1S/C22H22ClN7/c1-14(28-22-20-21(25-12-24-20)26-13-27-22)18-11-15-5-4-6-16(23)19(15)17(29-18)7-10-30-8-2-3-9-30/h4-6,11-13H,1-3,7-10H2,(H2,24,25,26,27,28). The lowest BCUT2D eigenvalue weighted by atomic mass is 10.1. The van der Waals surface area contributed by atoms with Crippen LogP contribution in [0.3, 0.4) is 0 Å². The maximum atomic E-state index is 6.55. The molecule has 0 bridgehead atoms. The summed E-state index contributed by atoms with van der Waals surface area (Å²) in [6.07, 6.45) is 6.47. The van der Waals surface area contributed by atoms with Gasteiger partial charge < -0.3 is 15.2 Å². The number of hydrogen-bond acceptors (Lipinski definition) is 6. The van der Waals surface area contributed by atoms with Crippen molar-refractivity contribution < 1.29 is 0 Å². The number of benzene rings is 1. The Morgan fingerprint density at radius 1 is 1.20 bits per heavy atom. The monoisotopic (exact) mass is 419 g/mol. The van der Waals surface area contributed by atoms with E-state index in [4.69, 9.17) is 16.6 Å². The highest BCUT2D eigenvalue weighted by atomic mass is 35.5. The van der Waals surface area contributed by atoms with Crippen molar-refractivity contribution in [3.63, 3.8) is 0 Å². The van der Waals surface area contributed by atoms with Crippen LogP contribution in [0.5, 0.6) is 0 Å². The number of nitrogens with zero attached hydrogens (tertiary/aromatic N) is 5. The van der Waals surface area contributed by atoms with Gasteiger partial charge in [0.25, 0.3) is 0 Å². The predicted molar refractivity (Wildman–Crippen MR) is 120 cm³/mol. The molecule has 4 aromatic rings. The maximum Gasteiger partial charge on any atom is 0.182 e. The number of aromatic amines is 1. The first kappa shape index (κ1) is 19.0. The zero-order valence-electron chi connectivity index (χ0n) is 16.5. The first-order valence-corrected chi connectivity index (χ1v) is 10.5. The van der Waals surface area contributed by atoms with Crippen LogP contribution in [0, 0.1) is 0 Å². The van der Waals surface area contributed by atoms with Gasteiger partial charge in [0, 0.05) is 18.4 Å². The third kappa shape index (κ3) is 3.62. The van der Waals surface area contributed by atoms with Crippen molar-refractivity contribution in [1.29, 1.82) is 0 Å². The molecule has 1 fully saturated rings. The summed E-state index contributed by atoms with van der Waals surface area (Å²) in [6, 6.07) is 7.97. The van der Waals surface area contributed by atoms with Crippen molar-refractivity contribution in [2.45, 2.75) is 19.3 Å². The lowest BCUT2D eigenvalue weighted by molar-refractivity contribution is 0.342. The molecule has 0 radical (unpaired) electrons. The van der Waals surface area contributed by atoms with Gasteiger partial charge in [0.2, 0.25) is 0 Å². The molecular formula is C22H22ClN7. The van der Waals surface area contributed by atoms with Crippen LogP contribution in [0.15, 0.2) is 43.5 Å². The molecule has 3 aromatic heterocycles. The van der Waals surface area contributed by atoms with Crippen molar-refractivity contribution in [1.82, 2.24) is 29.8 Å². The summed E-state index contributed by atoms with van der Waals surface area (Å²) < 4.78 is 0.